The van der Waals surface area contributed by atoms with Gasteiger partial charge in [0.1, 0.15) is 11.4 Å². The van der Waals surface area contributed by atoms with E-state index < -0.39 is 30.2 Å². The van der Waals surface area contributed by atoms with Gasteiger partial charge in [0.05, 0.1) is 17.8 Å². The van der Waals surface area contributed by atoms with Crippen LogP contribution in [-0.2, 0) is 14.1 Å². The first-order valence-electron chi connectivity index (χ1n) is 7.58. The predicted molar refractivity (Wildman–Crippen MR) is 83.0 cm³/mol. The highest BCUT2D eigenvalue weighted by Crippen LogP contribution is 2.36. The second kappa shape index (κ2) is 5.54. The van der Waals surface area contributed by atoms with Gasteiger partial charge in [-0.1, -0.05) is 5.16 Å². The third kappa shape index (κ3) is 2.86. The highest BCUT2D eigenvalue weighted by molar-refractivity contribution is 6.62. The Morgan fingerprint density at radius 1 is 1.30 bits per heavy atom. The van der Waals surface area contributed by atoms with Crippen molar-refractivity contribution >= 4 is 18.3 Å². The summed E-state index contributed by atoms with van der Waals surface area (Å²) in [7, 11) is -0.664. The second-order valence-electron chi connectivity index (χ2n) is 6.84. The molecule has 0 aromatic carbocycles. The van der Waals surface area contributed by atoms with Gasteiger partial charge >= 0.3 is 7.12 Å². The quantitative estimate of drug-likeness (QED) is 0.841. The molecule has 0 amide bonds. The molecule has 0 bridgehead atoms. The number of aliphatic hydroxyl groups is 1. The molecule has 3 heterocycles. The van der Waals surface area contributed by atoms with Gasteiger partial charge in [-0.15, -0.1) is 0 Å². The molecule has 1 fully saturated rings. The number of hydrogen-bond acceptors (Lipinski definition) is 6. The van der Waals surface area contributed by atoms with E-state index in [4.69, 9.17) is 19.3 Å². The number of nitrogens with zero attached hydrogens (tertiary/aromatic N) is 2. The minimum Gasteiger partial charge on any atom is -0.399 e. The largest absolute Gasteiger partial charge is 0.496 e. The Balaban J connectivity index is 1.81. The lowest BCUT2D eigenvalue weighted by molar-refractivity contribution is 0.00578. The standard InChI is InChI=1S/C15H20BFN2O4/c1-14(2)15(3,4)23-16(22-14)9-5-11(17)13(18-7-9)12-6-10(8-20)21-19-12/h5,7,10,20H,6,8H2,1-4H3. The summed E-state index contributed by atoms with van der Waals surface area (Å²) in [6.07, 6.45) is 1.42. The number of rotatable bonds is 3. The zero-order chi connectivity index (χ0) is 16.8. The van der Waals surface area contributed by atoms with Crippen molar-refractivity contribution in [2.75, 3.05) is 6.61 Å². The molecule has 2 aliphatic heterocycles. The van der Waals surface area contributed by atoms with Crippen LogP contribution in [0.15, 0.2) is 17.4 Å². The van der Waals surface area contributed by atoms with Crippen molar-refractivity contribution in [3.8, 4) is 0 Å². The first kappa shape index (κ1) is 16.4. The van der Waals surface area contributed by atoms with Crippen molar-refractivity contribution in [3.63, 3.8) is 0 Å². The first-order chi connectivity index (χ1) is 10.7. The zero-order valence-corrected chi connectivity index (χ0v) is 13.7. The molecule has 23 heavy (non-hydrogen) atoms. The van der Waals surface area contributed by atoms with Crippen molar-refractivity contribution < 1.29 is 23.6 Å². The molecule has 0 aliphatic carbocycles. The molecule has 0 radical (unpaired) electrons. The number of hydrogen-bond donors (Lipinski definition) is 1. The molecule has 0 saturated carbocycles. The fraction of sp³-hybridized carbons (Fsp3) is 0.600. The fourth-order valence-corrected chi connectivity index (χ4v) is 2.44. The number of aliphatic hydroxyl groups excluding tert-OH is 1. The number of oxime groups is 1. The molecular weight excluding hydrogens is 302 g/mol. The summed E-state index contributed by atoms with van der Waals surface area (Å²) < 4.78 is 26.2. The molecule has 0 spiro atoms. The Hall–Kier alpha value is -1.51. The van der Waals surface area contributed by atoms with Gasteiger partial charge in [-0.05, 0) is 33.8 Å². The van der Waals surface area contributed by atoms with Crippen LogP contribution in [0.4, 0.5) is 4.39 Å². The van der Waals surface area contributed by atoms with E-state index in [1.54, 1.807) is 0 Å². The van der Waals surface area contributed by atoms with Gasteiger partial charge in [-0.25, -0.2) is 4.39 Å². The van der Waals surface area contributed by atoms with Crippen LogP contribution in [0.25, 0.3) is 0 Å². The van der Waals surface area contributed by atoms with Gasteiger partial charge in [0.15, 0.2) is 11.9 Å². The second-order valence-corrected chi connectivity index (χ2v) is 6.84. The number of halogens is 1. The molecule has 3 rings (SSSR count). The van der Waals surface area contributed by atoms with Crippen molar-refractivity contribution in [1.82, 2.24) is 4.98 Å². The zero-order valence-electron chi connectivity index (χ0n) is 13.7. The lowest BCUT2D eigenvalue weighted by atomic mass is 9.80. The van der Waals surface area contributed by atoms with E-state index in [2.05, 4.69) is 10.1 Å². The maximum absolute atomic E-state index is 14.4. The van der Waals surface area contributed by atoms with E-state index in [0.29, 0.717) is 17.6 Å². The maximum Gasteiger partial charge on any atom is 0.496 e. The van der Waals surface area contributed by atoms with Crippen LogP contribution in [0.3, 0.4) is 0 Å². The molecule has 124 valence electrons. The number of pyridine rings is 1. The minimum absolute atomic E-state index is 0.126. The van der Waals surface area contributed by atoms with Crippen molar-refractivity contribution in [3.05, 3.63) is 23.8 Å². The van der Waals surface area contributed by atoms with E-state index in [9.17, 15) is 4.39 Å². The summed E-state index contributed by atoms with van der Waals surface area (Å²) in [5.74, 6) is -0.516. The van der Waals surface area contributed by atoms with Crippen molar-refractivity contribution in [1.29, 1.82) is 0 Å². The molecule has 1 aromatic heterocycles. The molecule has 1 atom stereocenters. The molecule has 1 saturated heterocycles. The van der Waals surface area contributed by atoms with Gasteiger partial charge in [-0.2, -0.15) is 0 Å². The van der Waals surface area contributed by atoms with E-state index in [0.717, 1.165) is 0 Å². The lowest BCUT2D eigenvalue weighted by Crippen LogP contribution is -2.41. The average Bonchev–Trinajstić information content (AvgIpc) is 3.01. The Labute approximate surface area is 134 Å². The van der Waals surface area contributed by atoms with Gasteiger partial charge in [0, 0.05) is 18.1 Å². The monoisotopic (exact) mass is 322 g/mol. The summed E-state index contributed by atoms with van der Waals surface area (Å²) >= 11 is 0. The van der Waals surface area contributed by atoms with Gasteiger partial charge < -0.3 is 19.3 Å². The highest BCUT2D eigenvalue weighted by Gasteiger charge is 2.52. The molecule has 6 nitrogen and oxygen atoms in total. The van der Waals surface area contributed by atoms with Crippen molar-refractivity contribution in [2.24, 2.45) is 5.16 Å². The van der Waals surface area contributed by atoms with Gasteiger partial charge in [0.2, 0.25) is 0 Å². The van der Waals surface area contributed by atoms with Crippen LogP contribution >= 0.6 is 0 Å². The maximum atomic E-state index is 14.4. The Bertz CT molecular complexity index is 634. The van der Waals surface area contributed by atoms with Crippen LogP contribution in [-0.4, -0.2) is 46.8 Å². The molecule has 1 aromatic rings. The smallest absolute Gasteiger partial charge is 0.399 e. The van der Waals surface area contributed by atoms with Crippen LogP contribution in [0.5, 0.6) is 0 Å². The van der Waals surface area contributed by atoms with Gasteiger partial charge in [-0.3, -0.25) is 4.98 Å². The summed E-state index contributed by atoms with van der Waals surface area (Å²) in [4.78, 5) is 9.13. The van der Waals surface area contributed by atoms with E-state index in [-0.39, 0.29) is 12.3 Å². The SMILES string of the molecule is CC1(C)OB(c2cnc(C3=NOC(CO)C3)c(F)c2)OC1(C)C. The summed E-state index contributed by atoms with van der Waals surface area (Å²) in [5, 5.41) is 12.8. The molecular formula is C15H20BFN2O4. The molecule has 2 aliphatic rings. The normalized spacial score (nSPS) is 25.4. The number of aromatic nitrogens is 1. The molecule has 1 N–H and O–H groups in total. The molecule has 1 unspecified atom stereocenters. The average molecular weight is 322 g/mol. The Kier molecular flexibility index (Phi) is 3.94. The van der Waals surface area contributed by atoms with E-state index >= 15 is 0 Å². The van der Waals surface area contributed by atoms with Crippen LogP contribution in [0.1, 0.15) is 39.8 Å². The van der Waals surface area contributed by atoms with E-state index in [1.165, 1.54) is 12.3 Å². The van der Waals surface area contributed by atoms with Crippen LogP contribution in [0.2, 0.25) is 0 Å². The minimum atomic E-state index is -0.664. The van der Waals surface area contributed by atoms with Crippen molar-refractivity contribution in [2.45, 2.75) is 51.4 Å². The van der Waals surface area contributed by atoms with Crippen LogP contribution in [0, 0.1) is 5.82 Å². The van der Waals surface area contributed by atoms with Gasteiger partial charge in [0.25, 0.3) is 0 Å². The Morgan fingerprint density at radius 2 is 1.96 bits per heavy atom. The molecule has 8 heteroatoms. The van der Waals surface area contributed by atoms with Crippen LogP contribution < -0.4 is 5.46 Å². The first-order valence-corrected chi connectivity index (χ1v) is 7.58. The fourth-order valence-electron chi connectivity index (χ4n) is 2.44. The van der Waals surface area contributed by atoms with E-state index in [1.807, 2.05) is 27.7 Å². The lowest BCUT2D eigenvalue weighted by Gasteiger charge is -2.32. The third-order valence-corrected chi connectivity index (χ3v) is 4.60. The third-order valence-electron chi connectivity index (χ3n) is 4.60. The summed E-state index contributed by atoms with van der Waals surface area (Å²) in [6, 6.07) is 1.35. The topological polar surface area (TPSA) is 73.2 Å². The highest BCUT2D eigenvalue weighted by atomic mass is 19.1. The summed E-state index contributed by atoms with van der Waals surface area (Å²) in [6.45, 7) is 7.58. The predicted octanol–water partition coefficient (Wildman–Crippen LogP) is 1.01. The summed E-state index contributed by atoms with van der Waals surface area (Å²) in [5.41, 5.74) is 0.0427. The Morgan fingerprint density at radius 3 is 2.48 bits per heavy atom.